The summed E-state index contributed by atoms with van der Waals surface area (Å²) in [4.78, 5) is 12.7. The van der Waals surface area contributed by atoms with Crippen LogP contribution in [0.1, 0.15) is 43.5 Å². The first-order chi connectivity index (χ1) is 10.0. The summed E-state index contributed by atoms with van der Waals surface area (Å²) >= 11 is 0. The maximum absolute atomic E-state index is 12.7. The number of nitrogens with zero attached hydrogens (tertiary/aromatic N) is 2. The normalized spacial score (nSPS) is 32.6. The quantitative estimate of drug-likeness (QED) is 0.867. The van der Waals surface area contributed by atoms with Gasteiger partial charge in [-0.2, -0.15) is 5.10 Å². The van der Waals surface area contributed by atoms with E-state index >= 15 is 0 Å². The van der Waals surface area contributed by atoms with Crippen LogP contribution in [0.5, 0.6) is 0 Å². The van der Waals surface area contributed by atoms with Gasteiger partial charge in [0.2, 0.25) is 5.91 Å². The summed E-state index contributed by atoms with van der Waals surface area (Å²) in [5, 5.41) is 7.58. The van der Waals surface area contributed by atoms with Crippen LogP contribution in [0.15, 0.2) is 18.3 Å². The van der Waals surface area contributed by atoms with Crippen LogP contribution in [0, 0.1) is 30.1 Å². The van der Waals surface area contributed by atoms with E-state index in [4.69, 9.17) is 0 Å². The van der Waals surface area contributed by atoms with Gasteiger partial charge in [0.05, 0.1) is 11.7 Å². The minimum Gasteiger partial charge on any atom is -0.349 e. The van der Waals surface area contributed by atoms with Crippen molar-refractivity contribution in [2.24, 2.45) is 30.2 Å². The third-order valence-corrected chi connectivity index (χ3v) is 5.94. The average molecular weight is 285 g/mol. The molecule has 3 aliphatic rings. The SMILES string of the molecule is Cc1nn(C)cc1[C@@H](C)NC(=O)[C@@H]1C[C@H]2C=C[C@H]1C21CC1. The molecule has 1 aromatic heterocycles. The van der Waals surface area contributed by atoms with Crippen LogP contribution in [0.3, 0.4) is 0 Å². The fourth-order valence-electron chi connectivity index (χ4n) is 4.71. The van der Waals surface area contributed by atoms with Crippen LogP contribution in [0.2, 0.25) is 0 Å². The second kappa shape index (κ2) is 4.21. The van der Waals surface area contributed by atoms with Crippen molar-refractivity contribution < 1.29 is 4.79 Å². The minimum atomic E-state index is 0.0319. The molecule has 21 heavy (non-hydrogen) atoms. The number of nitrogens with one attached hydrogen (secondary N) is 1. The topological polar surface area (TPSA) is 46.9 Å². The lowest BCUT2D eigenvalue weighted by atomic mass is 9.88. The zero-order valence-electron chi connectivity index (χ0n) is 13.0. The molecule has 4 nitrogen and oxygen atoms in total. The first kappa shape index (κ1) is 13.1. The first-order valence-corrected chi connectivity index (χ1v) is 8.00. The van der Waals surface area contributed by atoms with Crippen molar-refractivity contribution >= 4 is 5.91 Å². The molecule has 4 rings (SSSR count). The van der Waals surface area contributed by atoms with Gasteiger partial charge in [-0.1, -0.05) is 12.2 Å². The minimum absolute atomic E-state index is 0.0319. The van der Waals surface area contributed by atoms with E-state index in [1.54, 1.807) is 0 Å². The number of carbonyl (C=O) groups excluding carboxylic acids is 1. The molecule has 0 aliphatic heterocycles. The molecule has 2 fully saturated rings. The zero-order valence-corrected chi connectivity index (χ0v) is 13.0. The van der Waals surface area contributed by atoms with Crippen LogP contribution in [-0.4, -0.2) is 15.7 Å². The van der Waals surface area contributed by atoms with E-state index < -0.39 is 0 Å². The summed E-state index contributed by atoms with van der Waals surface area (Å²) in [5.74, 6) is 1.56. The molecule has 1 heterocycles. The molecule has 0 unspecified atom stereocenters. The van der Waals surface area contributed by atoms with Gasteiger partial charge in [-0.15, -0.1) is 0 Å². The second-order valence-electron chi connectivity index (χ2n) is 7.17. The molecule has 0 saturated heterocycles. The van der Waals surface area contributed by atoms with E-state index in [2.05, 4.69) is 29.5 Å². The lowest BCUT2D eigenvalue weighted by molar-refractivity contribution is -0.126. The number of carbonyl (C=O) groups is 1. The number of aryl methyl sites for hydroxylation is 2. The van der Waals surface area contributed by atoms with Crippen molar-refractivity contribution in [3.05, 3.63) is 29.6 Å². The number of hydrogen-bond acceptors (Lipinski definition) is 2. The predicted molar refractivity (Wildman–Crippen MR) is 80.4 cm³/mol. The summed E-state index contributed by atoms with van der Waals surface area (Å²) in [5.41, 5.74) is 2.60. The molecule has 2 saturated carbocycles. The summed E-state index contributed by atoms with van der Waals surface area (Å²) < 4.78 is 1.81. The smallest absolute Gasteiger partial charge is 0.224 e. The lowest BCUT2D eigenvalue weighted by Gasteiger charge is -2.22. The van der Waals surface area contributed by atoms with Crippen LogP contribution >= 0.6 is 0 Å². The average Bonchev–Trinajstić information content (AvgIpc) is 2.97. The van der Waals surface area contributed by atoms with E-state index in [1.807, 2.05) is 24.9 Å². The van der Waals surface area contributed by atoms with Crippen molar-refractivity contribution in [3.8, 4) is 0 Å². The maximum atomic E-state index is 12.7. The molecule has 4 heteroatoms. The molecule has 1 N–H and O–H groups in total. The van der Waals surface area contributed by atoms with E-state index in [0.29, 0.717) is 17.3 Å². The second-order valence-corrected chi connectivity index (χ2v) is 7.17. The Balaban J connectivity index is 1.47. The highest BCUT2D eigenvalue weighted by Crippen LogP contribution is 2.70. The van der Waals surface area contributed by atoms with Crippen LogP contribution in [0.25, 0.3) is 0 Å². The molecular formula is C17H23N3O. The van der Waals surface area contributed by atoms with Crippen molar-refractivity contribution in [1.82, 2.24) is 15.1 Å². The van der Waals surface area contributed by atoms with Crippen molar-refractivity contribution in [1.29, 1.82) is 0 Å². The molecule has 1 amide bonds. The highest BCUT2D eigenvalue weighted by molar-refractivity contribution is 5.81. The number of rotatable bonds is 3. The molecule has 1 aromatic rings. The van der Waals surface area contributed by atoms with Gasteiger partial charge < -0.3 is 5.32 Å². The van der Waals surface area contributed by atoms with Gasteiger partial charge in [-0.25, -0.2) is 0 Å². The molecule has 0 radical (unpaired) electrons. The Morgan fingerprint density at radius 3 is 2.81 bits per heavy atom. The van der Waals surface area contributed by atoms with E-state index in [1.165, 1.54) is 12.8 Å². The van der Waals surface area contributed by atoms with Gasteiger partial charge in [-0.05, 0) is 50.4 Å². The third kappa shape index (κ3) is 1.81. The number of amides is 1. The van der Waals surface area contributed by atoms with E-state index in [0.717, 1.165) is 17.7 Å². The van der Waals surface area contributed by atoms with Gasteiger partial charge in [0.1, 0.15) is 0 Å². The molecule has 112 valence electrons. The Bertz CT molecular complexity index is 626. The molecular weight excluding hydrogens is 262 g/mol. The van der Waals surface area contributed by atoms with Crippen molar-refractivity contribution in [2.45, 2.75) is 39.2 Å². The predicted octanol–water partition coefficient (Wildman–Crippen LogP) is 2.51. The molecule has 1 spiro atoms. The Labute approximate surface area is 125 Å². The number of allylic oxidation sites excluding steroid dienone is 2. The Hall–Kier alpha value is -1.58. The zero-order chi connectivity index (χ0) is 14.8. The van der Waals surface area contributed by atoms with E-state index in [9.17, 15) is 4.79 Å². The summed E-state index contributed by atoms with van der Waals surface area (Å²) in [6.07, 6.45) is 10.4. The molecule has 2 bridgehead atoms. The fourth-order valence-corrected chi connectivity index (χ4v) is 4.71. The maximum Gasteiger partial charge on any atom is 0.224 e. The van der Waals surface area contributed by atoms with Gasteiger partial charge in [0, 0.05) is 24.7 Å². The van der Waals surface area contributed by atoms with Gasteiger partial charge >= 0.3 is 0 Å². The van der Waals surface area contributed by atoms with Gasteiger partial charge in [0.25, 0.3) is 0 Å². The van der Waals surface area contributed by atoms with Crippen molar-refractivity contribution in [3.63, 3.8) is 0 Å². The summed E-state index contributed by atoms with van der Waals surface area (Å²) in [6.45, 7) is 4.05. The summed E-state index contributed by atoms with van der Waals surface area (Å²) in [6, 6.07) is 0.0319. The van der Waals surface area contributed by atoms with Gasteiger partial charge in [-0.3, -0.25) is 9.48 Å². The van der Waals surface area contributed by atoms with Crippen LogP contribution in [0.4, 0.5) is 0 Å². The number of aromatic nitrogens is 2. The highest BCUT2D eigenvalue weighted by Gasteiger charge is 2.64. The largest absolute Gasteiger partial charge is 0.349 e. The first-order valence-electron chi connectivity index (χ1n) is 8.00. The Morgan fingerprint density at radius 1 is 1.48 bits per heavy atom. The Morgan fingerprint density at radius 2 is 2.24 bits per heavy atom. The third-order valence-electron chi connectivity index (χ3n) is 5.94. The highest BCUT2D eigenvalue weighted by atomic mass is 16.2. The lowest BCUT2D eigenvalue weighted by Crippen LogP contribution is -2.35. The van der Waals surface area contributed by atoms with Gasteiger partial charge in [0.15, 0.2) is 0 Å². The van der Waals surface area contributed by atoms with E-state index in [-0.39, 0.29) is 17.9 Å². The molecule has 3 aliphatic carbocycles. The monoisotopic (exact) mass is 285 g/mol. The summed E-state index contributed by atoms with van der Waals surface area (Å²) in [7, 11) is 1.92. The number of hydrogen-bond donors (Lipinski definition) is 1. The standard InChI is InChI=1S/C17H23N3O/c1-10(14-9-20(3)19-11(14)2)18-16(21)13-8-12-4-5-15(13)17(12)6-7-17/h4-5,9-10,12-13,15H,6-8H2,1-3H3,(H,18,21)/t10-,12-,13-,15-/m1/s1. The molecule has 0 aromatic carbocycles. The molecule has 4 atom stereocenters. The fraction of sp³-hybridized carbons (Fsp3) is 0.647. The van der Waals surface area contributed by atoms with Crippen molar-refractivity contribution in [2.75, 3.05) is 0 Å². The Kier molecular flexibility index (Phi) is 2.63. The van der Waals surface area contributed by atoms with Crippen LogP contribution < -0.4 is 5.32 Å². The van der Waals surface area contributed by atoms with Crippen LogP contribution in [-0.2, 0) is 11.8 Å².